The van der Waals surface area contributed by atoms with Crippen molar-refractivity contribution in [2.75, 3.05) is 37.4 Å². The fourth-order valence-corrected chi connectivity index (χ4v) is 3.67. The summed E-state index contributed by atoms with van der Waals surface area (Å²) >= 11 is 0. The van der Waals surface area contributed by atoms with Gasteiger partial charge in [-0.2, -0.15) is 8.42 Å². The highest BCUT2D eigenvalue weighted by molar-refractivity contribution is 7.87. The number of benzene rings is 2. The molecule has 0 aliphatic heterocycles. The van der Waals surface area contributed by atoms with Crippen molar-refractivity contribution in [3.63, 3.8) is 0 Å². The summed E-state index contributed by atoms with van der Waals surface area (Å²) in [5.41, 5.74) is 0.777. The molecule has 0 saturated heterocycles. The van der Waals surface area contributed by atoms with Crippen LogP contribution >= 0.6 is 0 Å². The van der Waals surface area contributed by atoms with Crippen LogP contribution in [0.2, 0.25) is 0 Å². The number of anilines is 2. The van der Waals surface area contributed by atoms with Gasteiger partial charge in [-0.25, -0.2) is 9.78 Å². The first-order valence-electron chi connectivity index (χ1n) is 10.1. The van der Waals surface area contributed by atoms with Crippen LogP contribution < -0.4 is 20.1 Å². The molecule has 0 atom stereocenters. The Morgan fingerprint density at radius 2 is 1.91 bits per heavy atom. The van der Waals surface area contributed by atoms with E-state index in [9.17, 15) is 18.3 Å². The summed E-state index contributed by atoms with van der Waals surface area (Å²) in [4.78, 5) is 18.9. The normalized spacial score (nSPS) is 11.9. The molecule has 1 aromatic heterocycles. The second-order valence-corrected chi connectivity index (χ2v) is 9.41. The summed E-state index contributed by atoms with van der Waals surface area (Å²) in [6, 6.07) is 10.1. The Morgan fingerprint density at radius 3 is 2.58 bits per heavy atom. The van der Waals surface area contributed by atoms with Gasteiger partial charge in [0.2, 0.25) is 5.95 Å². The SMILES string of the molecule is COCCNC(=O)Nc1nc2ccc(OS(=O)(=O)c3ccc(NCC(C)(C)O)cc3)cc2[nH]1. The van der Waals surface area contributed by atoms with Crippen LogP contribution in [0, 0.1) is 0 Å². The lowest BCUT2D eigenvalue weighted by Gasteiger charge is -2.18. The van der Waals surface area contributed by atoms with E-state index in [4.69, 9.17) is 8.92 Å². The van der Waals surface area contributed by atoms with Gasteiger partial charge >= 0.3 is 16.1 Å². The van der Waals surface area contributed by atoms with Gasteiger partial charge in [0, 0.05) is 32.0 Å². The Labute approximate surface area is 191 Å². The molecule has 12 heteroatoms. The fourth-order valence-electron chi connectivity index (χ4n) is 2.75. The maximum absolute atomic E-state index is 12.7. The molecule has 2 aromatic carbocycles. The molecule has 178 valence electrons. The van der Waals surface area contributed by atoms with E-state index in [1.165, 1.54) is 31.4 Å². The highest BCUT2D eigenvalue weighted by atomic mass is 32.2. The standard InChI is InChI=1S/C21H27N5O6S/c1-21(2,28)13-23-14-4-7-16(8-5-14)33(29,30)32-15-6-9-17-18(12-15)25-19(24-17)26-20(27)22-10-11-31-3/h4-9,12,23,28H,10-11,13H2,1-3H3,(H3,22,24,25,26,27). The minimum Gasteiger partial charge on any atom is -0.389 e. The molecular formula is C21H27N5O6S. The van der Waals surface area contributed by atoms with E-state index in [1.54, 1.807) is 32.0 Å². The number of aromatic nitrogens is 2. The van der Waals surface area contributed by atoms with Gasteiger partial charge in [0.15, 0.2) is 0 Å². The van der Waals surface area contributed by atoms with E-state index >= 15 is 0 Å². The first-order chi connectivity index (χ1) is 15.6. The van der Waals surface area contributed by atoms with Crippen LogP contribution in [0.25, 0.3) is 11.0 Å². The second kappa shape index (κ2) is 10.1. The van der Waals surface area contributed by atoms with Gasteiger partial charge in [0.05, 0.1) is 23.2 Å². The number of nitrogens with zero attached hydrogens (tertiary/aromatic N) is 1. The largest absolute Gasteiger partial charge is 0.389 e. The lowest BCUT2D eigenvalue weighted by atomic mass is 10.1. The van der Waals surface area contributed by atoms with Crippen molar-refractivity contribution in [2.24, 2.45) is 0 Å². The molecule has 0 saturated carbocycles. The van der Waals surface area contributed by atoms with Crippen LogP contribution in [-0.4, -0.2) is 61.9 Å². The molecule has 33 heavy (non-hydrogen) atoms. The number of fused-ring (bicyclic) bond motifs is 1. The molecule has 1 heterocycles. The number of rotatable bonds is 10. The number of carbonyl (C=O) groups excluding carboxylic acids is 1. The fraction of sp³-hybridized carbons (Fsp3) is 0.333. The van der Waals surface area contributed by atoms with Crippen LogP contribution in [0.4, 0.5) is 16.4 Å². The van der Waals surface area contributed by atoms with E-state index in [-0.39, 0.29) is 16.6 Å². The number of hydrogen-bond donors (Lipinski definition) is 5. The van der Waals surface area contributed by atoms with Crippen LogP contribution in [0.3, 0.4) is 0 Å². The zero-order valence-corrected chi connectivity index (χ0v) is 19.3. The summed E-state index contributed by atoms with van der Waals surface area (Å²) in [7, 11) is -2.54. The number of methoxy groups -OCH3 is 1. The monoisotopic (exact) mass is 477 g/mol. The third kappa shape index (κ3) is 7.07. The van der Waals surface area contributed by atoms with Gasteiger partial charge in [-0.1, -0.05) is 0 Å². The third-order valence-corrected chi connectivity index (χ3v) is 5.61. The number of aromatic amines is 1. The molecule has 0 radical (unpaired) electrons. The van der Waals surface area contributed by atoms with E-state index in [0.29, 0.717) is 36.4 Å². The first-order valence-corrected chi connectivity index (χ1v) is 11.5. The zero-order chi connectivity index (χ0) is 24.1. The highest BCUT2D eigenvalue weighted by Crippen LogP contribution is 2.24. The van der Waals surface area contributed by atoms with E-state index < -0.39 is 21.8 Å². The average Bonchev–Trinajstić information content (AvgIpc) is 3.13. The Bertz CT molecular complexity index is 1200. The highest BCUT2D eigenvalue weighted by Gasteiger charge is 2.18. The zero-order valence-electron chi connectivity index (χ0n) is 18.5. The van der Waals surface area contributed by atoms with Crippen LogP contribution in [-0.2, 0) is 14.9 Å². The molecule has 3 aromatic rings. The number of imidazole rings is 1. The number of amides is 2. The maximum Gasteiger partial charge on any atom is 0.339 e. The lowest BCUT2D eigenvalue weighted by Crippen LogP contribution is -2.31. The van der Waals surface area contributed by atoms with Crippen LogP contribution in [0.1, 0.15) is 13.8 Å². The number of hydrogen-bond acceptors (Lipinski definition) is 8. The Balaban J connectivity index is 1.67. The lowest BCUT2D eigenvalue weighted by molar-refractivity contribution is 0.0945. The van der Waals surface area contributed by atoms with Crippen molar-refractivity contribution in [1.82, 2.24) is 15.3 Å². The number of nitrogens with one attached hydrogen (secondary N) is 4. The van der Waals surface area contributed by atoms with E-state index in [1.807, 2.05) is 0 Å². The van der Waals surface area contributed by atoms with Gasteiger partial charge < -0.3 is 29.6 Å². The Hall–Kier alpha value is -3.35. The molecule has 0 unspecified atom stereocenters. The molecule has 0 aliphatic rings. The molecule has 0 bridgehead atoms. The smallest absolute Gasteiger partial charge is 0.339 e. The van der Waals surface area contributed by atoms with Crippen LogP contribution in [0.15, 0.2) is 47.4 Å². The molecule has 0 fully saturated rings. The van der Waals surface area contributed by atoms with Gasteiger partial charge in [-0.05, 0) is 50.2 Å². The molecule has 3 rings (SSSR count). The van der Waals surface area contributed by atoms with Gasteiger partial charge in [0.1, 0.15) is 10.6 Å². The quantitative estimate of drug-likeness (QED) is 0.220. The number of aliphatic hydroxyl groups is 1. The number of urea groups is 1. The summed E-state index contributed by atoms with van der Waals surface area (Å²) in [6.07, 6.45) is 0. The van der Waals surface area contributed by atoms with Crippen molar-refractivity contribution >= 4 is 38.8 Å². The molecule has 11 nitrogen and oxygen atoms in total. The predicted octanol–water partition coefficient (Wildman–Crippen LogP) is 2.28. The van der Waals surface area contributed by atoms with Gasteiger partial charge in [0.25, 0.3) is 0 Å². The van der Waals surface area contributed by atoms with E-state index in [0.717, 1.165) is 0 Å². The van der Waals surface area contributed by atoms with Crippen LogP contribution in [0.5, 0.6) is 5.75 Å². The van der Waals surface area contributed by atoms with Crippen molar-refractivity contribution in [1.29, 1.82) is 0 Å². The van der Waals surface area contributed by atoms with Crippen molar-refractivity contribution in [2.45, 2.75) is 24.3 Å². The minimum atomic E-state index is -4.07. The minimum absolute atomic E-state index is 0.0175. The van der Waals surface area contributed by atoms with Gasteiger partial charge in [-0.3, -0.25) is 5.32 Å². The summed E-state index contributed by atoms with van der Waals surface area (Å²) in [5, 5.41) is 18.0. The Morgan fingerprint density at radius 1 is 1.18 bits per heavy atom. The molecule has 0 spiro atoms. The number of carbonyl (C=O) groups is 1. The maximum atomic E-state index is 12.7. The third-order valence-electron chi connectivity index (χ3n) is 4.35. The second-order valence-electron chi connectivity index (χ2n) is 7.87. The Kier molecular flexibility index (Phi) is 7.41. The predicted molar refractivity (Wildman–Crippen MR) is 124 cm³/mol. The molecule has 2 amide bonds. The first kappa shape index (κ1) is 24.3. The molecule has 0 aliphatic carbocycles. The van der Waals surface area contributed by atoms with Crippen molar-refractivity contribution < 1.29 is 27.2 Å². The summed E-state index contributed by atoms with van der Waals surface area (Å²) in [5.74, 6) is 0.292. The van der Waals surface area contributed by atoms with Crippen molar-refractivity contribution in [3.05, 3.63) is 42.5 Å². The number of ether oxygens (including phenoxy) is 1. The topological polar surface area (TPSA) is 155 Å². The number of H-pyrrole nitrogens is 1. The summed E-state index contributed by atoms with van der Waals surface area (Å²) in [6.45, 7) is 4.36. The molecular weight excluding hydrogens is 450 g/mol. The van der Waals surface area contributed by atoms with Crippen molar-refractivity contribution in [3.8, 4) is 5.75 Å². The van der Waals surface area contributed by atoms with Gasteiger partial charge in [-0.15, -0.1) is 0 Å². The average molecular weight is 478 g/mol. The molecule has 5 N–H and O–H groups in total. The summed E-state index contributed by atoms with van der Waals surface area (Å²) < 4.78 is 35.4. The van der Waals surface area contributed by atoms with E-state index in [2.05, 4.69) is 25.9 Å².